The SMILES string of the molecule is CC1CCC[C@@]2(C)C1CC[C@@H]2[C@@H](C)/C=C/[C@H](C)C(C)(C)C. The van der Waals surface area contributed by atoms with Crippen LogP contribution in [0.2, 0.25) is 0 Å². The lowest BCUT2D eigenvalue weighted by Gasteiger charge is -2.45. The Balaban J connectivity index is 2.06. The Labute approximate surface area is 133 Å². The van der Waals surface area contributed by atoms with Crippen LogP contribution < -0.4 is 0 Å². The number of hydrogen-bond acceptors (Lipinski definition) is 0. The first-order valence-corrected chi connectivity index (χ1v) is 9.34. The van der Waals surface area contributed by atoms with Crippen LogP contribution in [0.15, 0.2) is 12.2 Å². The van der Waals surface area contributed by atoms with Gasteiger partial charge in [-0.3, -0.25) is 0 Å². The van der Waals surface area contributed by atoms with Crippen molar-refractivity contribution in [1.29, 1.82) is 0 Å². The number of rotatable bonds is 3. The lowest BCUT2D eigenvalue weighted by Crippen LogP contribution is -2.38. The first-order valence-electron chi connectivity index (χ1n) is 9.34. The van der Waals surface area contributed by atoms with E-state index in [1.807, 2.05) is 0 Å². The van der Waals surface area contributed by atoms with Gasteiger partial charge in [-0.2, -0.15) is 0 Å². The zero-order chi connectivity index (χ0) is 15.8. The molecule has 0 amide bonds. The van der Waals surface area contributed by atoms with E-state index in [-0.39, 0.29) is 0 Å². The summed E-state index contributed by atoms with van der Waals surface area (Å²) in [4.78, 5) is 0. The zero-order valence-electron chi connectivity index (χ0n) is 15.6. The first kappa shape index (κ1) is 17.1. The predicted octanol–water partition coefficient (Wildman–Crippen LogP) is 6.71. The Kier molecular flexibility index (Phi) is 4.96. The maximum Gasteiger partial charge on any atom is -0.0213 e. The van der Waals surface area contributed by atoms with Crippen LogP contribution in [0.4, 0.5) is 0 Å². The van der Waals surface area contributed by atoms with Gasteiger partial charge in [0.1, 0.15) is 0 Å². The lowest BCUT2D eigenvalue weighted by molar-refractivity contribution is 0.0452. The molecule has 0 N–H and O–H groups in total. The van der Waals surface area contributed by atoms with Gasteiger partial charge >= 0.3 is 0 Å². The van der Waals surface area contributed by atoms with E-state index < -0.39 is 0 Å². The molecule has 0 aromatic rings. The molecule has 122 valence electrons. The molecule has 0 heterocycles. The second-order valence-electron chi connectivity index (χ2n) is 9.56. The van der Waals surface area contributed by atoms with E-state index in [0.717, 1.165) is 23.7 Å². The van der Waals surface area contributed by atoms with E-state index in [0.29, 0.717) is 16.7 Å². The van der Waals surface area contributed by atoms with Gasteiger partial charge in [-0.1, -0.05) is 73.5 Å². The highest BCUT2D eigenvalue weighted by molar-refractivity contribution is 5.05. The molecule has 0 heteroatoms. The van der Waals surface area contributed by atoms with Gasteiger partial charge in [-0.05, 0) is 59.7 Å². The van der Waals surface area contributed by atoms with Crippen molar-refractivity contribution in [3.63, 3.8) is 0 Å². The largest absolute Gasteiger partial charge is 0.0851 e. The Morgan fingerprint density at radius 3 is 2.33 bits per heavy atom. The monoisotopic (exact) mass is 290 g/mol. The third-order valence-electron chi connectivity index (χ3n) is 7.25. The average molecular weight is 291 g/mol. The van der Waals surface area contributed by atoms with E-state index in [2.05, 4.69) is 60.6 Å². The van der Waals surface area contributed by atoms with Crippen LogP contribution in [0.25, 0.3) is 0 Å². The Morgan fingerprint density at radius 1 is 1.05 bits per heavy atom. The second-order valence-corrected chi connectivity index (χ2v) is 9.56. The summed E-state index contributed by atoms with van der Waals surface area (Å²) in [5.74, 6) is 4.27. The smallest absolute Gasteiger partial charge is 0.0213 e. The fourth-order valence-electron chi connectivity index (χ4n) is 5.23. The summed E-state index contributed by atoms with van der Waals surface area (Å²) in [5, 5.41) is 0. The second kappa shape index (κ2) is 6.09. The fraction of sp³-hybridized carbons (Fsp3) is 0.905. The summed E-state index contributed by atoms with van der Waals surface area (Å²) in [7, 11) is 0. The van der Waals surface area contributed by atoms with Crippen LogP contribution >= 0.6 is 0 Å². The maximum absolute atomic E-state index is 2.61. The molecule has 0 radical (unpaired) electrons. The van der Waals surface area contributed by atoms with E-state index >= 15 is 0 Å². The van der Waals surface area contributed by atoms with Crippen LogP contribution in [0, 0.1) is 40.4 Å². The molecule has 0 aromatic carbocycles. The molecule has 2 saturated carbocycles. The Morgan fingerprint density at radius 2 is 1.71 bits per heavy atom. The summed E-state index contributed by atoms with van der Waals surface area (Å²) in [5.41, 5.74) is 1.00. The van der Waals surface area contributed by atoms with Crippen molar-refractivity contribution in [2.45, 2.75) is 80.6 Å². The van der Waals surface area contributed by atoms with Gasteiger partial charge in [0.05, 0.1) is 0 Å². The van der Waals surface area contributed by atoms with Crippen molar-refractivity contribution in [3.8, 4) is 0 Å². The Bertz CT molecular complexity index is 372. The van der Waals surface area contributed by atoms with E-state index in [1.165, 1.54) is 32.1 Å². The summed E-state index contributed by atoms with van der Waals surface area (Å²) in [6, 6.07) is 0. The number of fused-ring (bicyclic) bond motifs is 1. The van der Waals surface area contributed by atoms with Crippen LogP contribution in [0.5, 0.6) is 0 Å². The van der Waals surface area contributed by atoms with Gasteiger partial charge in [0.15, 0.2) is 0 Å². The quantitative estimate of drug-likeness (QED) is 0.506. The van der Waals surface area contributed by atoms with E-state index in [9.17, 15) is 0 Å². The minimum absolute atomic E-state index is 0.387. The van der Waals surface area contributed by atoms with Crippen molar-refractivity contribution in [1.82, 2.24) is 0 Å². The molecule has 0 bridgehead atoms. The number of hydrogen-bond donors (Lipinski definition) is 0. The zero-order valence-corrected chi connectivity index (χ0v) is 15.6. The van der Waals surface area contributed by atoms with Gasteiger partial charge in [0.25, 0.3) is 0 Å². The summed E-state index contributed by atoms with van der Waals surface area (Å²) < 4.78 is 0. The predicted molar refractivity (Wildman–Crippen MR) is 94.3 cm³/mol. The molecule has 2 aliphatic carbocycles. The lowest BCUT2D eigenvalue weighted by atomic mass is 9.60. The molecular formula is C21H38. The molecule has 2 fully saturated rings. The minimum atomic E-state index is 0.387. The molecule has 0 saturated heterocycles. The van der Waals surface area contributed by atoms with Crippen LogP contribution in [0.1, 0.15) is 80.6 Å². The molecule has 2 rings (SSSR count). The van der Waals surface area contributed by atoms with Gasteiger partial charge in [-0.15, -0.1) is 0 Å². The molecular weight excluding hydrogens is 252 g/mol. The van der Waals surface area contributed by atoms with Gasteiger partial charge in [0.2, 0.25) is 0 Å². The van der Waals surface area contributed by atoms with Crippen molar-refractivity contribution >= 4 is 0 Å². The Hall–Kier alpha value is -0.260. The van der Waals surface area contributed by atoms with E-state index in [4.69, 9.17) is 0 Å². The standard InChI is InChI=1S/C21H38/c1-15-9-8-14-21(7)18(15)12-13-19(21)16(2)10-11-17(3)20(4,5)6/h10-11,15-19H,8-9,12-14H2,1-7H3/b11-10+/t15?,16-,17-,18?,19+,21-/m0/s1. The van der Waals surface area contributed by atoms with E-state index in [1.54, 1.807) is 0 Å². The third kappa shape index (κ3) is 3.40. The minimum Gasteiger partial charge on any atom is -0.0851 e. The van der Waals surface area contributed by atoms with Crippen LogP contribution in [-0.4, -0.2) is 0 Å². The highest BCUT2D eigenvalue weighted by Crippen LogP contribution is 2.59. The normalized spacial score (nSPS) is 40.2. The highest BCUT2D eigenvalue weighted by Gasteiger charge is 2.50. The molecule has 2 unspecified atom stereocenters. The number of allylic oxidation sites excluding steroid dienone is 2. The highest BCUT2D eigenvalue weighted by atomic mass is 14.6. The van der Waals surface area contributed by atoms with Gasteiger partial charge in [0, 0.05) is 0 Å². The molecule has 0 aliphatic heterocycles. The third-order valence-corrected chi connectivity index (χ3v) is 7.25. The molecule has 0 spiro atoms. The summed E-state index contributed by atoms with van der Waals surface area (Å²) in [6.07, 6.45) is 12.4. The summed E-state index contributed by atoms with van der Waals surface area (Å²) >= 11 is 0. The molecule has 6 atom stereocenters. The van der Waals surface area contributed by atoms with Crippen LogP contribution in [0.3, 0.4) is 0 Å². The van der Waals surface area contributed by atoms with Crippen molar-refractivity contribution in [3.05, 3.63) is 12.2 Å². The maximum atomic E-state index is 2.61. The van der Waals surface area contributed by atoms with Crippen molar-refractivity contribution in [2.24, 2.45) is 40.4 Å². The van der Waals surface area contributed by atoms with Gasteiger partial charge in [-0.25, -0.2) is 0 Å². The first-order chi connectivity index (χ1) is 9.66. The van der Waals surface area contributed by atoms with Gasteiger partial charge < -0.3 is 0 Å². The fourth-order valence-corrected chi connectivity index (χ4v) is 5.23. The molecule has 0 nitrogen and oxygen atoms in total. The molecule has 21 heavy (non-hydrogen) atoms. The topological polar surface area (TPSA) is 0 Å². The molecule has 0 aromatic heterocycles. The van der Waals surface area contributed by atoms with Crippen molar-refractivity contribution < 1.29 is 0 Å². The molecule has 2 aliphatic rings. The summed E-state index contributed by atoms with van der Waals surface area (Å²) in [6.45, 7) is 17.0. The average Bonchev–Trinajstić information content (AvgIpc) is 2.73. The van der Waals surface area contributed by atoms with Crippen LogP contribution in [-0.2, 0) is 0 Å². The van der Waals surface area contributed by atoms with Crippen molar-refractivity contribution in [2.75, 3.05) is 0 Å².